The SMILES string of the molecule is CC(c1ccco1)n1c(CCCl)nc2ccc(Br)cc21. The minimum Gasteiger partial charge on any atom is -0.467 e. The number of nitrogens with zero attached hydrogens (tertiary/aromatic N) is 2. The molecule has 2 heterocycles. The minimum absolute atomic E-state index is 0.0857. The lowest BCUT2D eigenvalue weighted by Gasteiger charge is -2.15. The Hall–Kier alpha value is -1.26. The van der Waals surface area contributed by atoms with E-state index >= 15 is 0 Å². The second-order valence-electron chi connectivity index (χ2n) is 4.66. The van der Waals surface area contributed by atoms with Gasteiger partial charge in [0.05, 0.1) is 23.3 Å². The molecule has 0 fully saturated rings. The van der Waals surface area contributed by atoms with Crippen molar-refractivity contribution in [1.29, 1.82) is 0 Å². The van der Waals surface area contributed by atoms with Gasteiger partial charge in [0.1, 0.15) is 11.6 Å². The topological polar surface area (TPSA) is 31.0 Å². The van der Waals surface area contributed by atoms with E-state index in [1.807, 2.05) is 24.3 Å². The van der Waals surface area contributed by atoms with E-state index in [0.717, 1.165) is 33.5 Å². The molecule has 0 N–H and O–H groups in total. The zero-order valence-electron chi connectivity index (χ0n) is 11.0. The van der Waals surface area contributed by atoms with E-state index in [2.05, 4.69) is 33.5 Å². The third-order valence-electron chi connectivity index (χ3n) is 3.38. The van der Waals surface area contributed by atoms with Crippen LogP contribution in [0.15, 0.2) is 45.5 Å². The number of aromatic nitrogens is 2. The average molecular weight is 354 g/mol. The number of furan rings is 1. The molecule has 20 heavy (non-hydrogen) atoms. The fourth-order valence-corrected chi connectivity index (χ4v) is 2.98. The quantitative estimate of drug-likeness (QED) is 0.632. The molecule has 3 aromatic rings. The molecule has 0 amide bonds. The summed E-state index contributed by atoms with van der Waals surface area (Å²) in [6.45, 7) is 2.11. The van der Waals surface area contributed by atoms with Crippen LogP contribution in [0.5, 0.6) is 0 Å². The van der Waals surface area contributed by atoms with Crippen LogP contribution in [0.3, 0.4) is 0 Å². The molecular formula is C15H14BrClN2O. The highest BCUT2D eigenvalue weighted by Crippen LogP contribution is 2.28. The number of fused-ring (bicyclic) bond motifs is 1. The number of rotatable bonds is 4. The molecule has 1 aromatic carbocycles. The van der Waals surface area contributed by atoms with E-state index < -0.39 is 0 Å². The summed E-state index contributed by atoms with van der Waals surface area (Å²) in [5, 5.41) is 0. The fourth-order valence-electron chi connectivity index (χ4n) is 2.47. The van der Waals surface area contributed by atoms with Crippen molar-refractivity contribution in [2.24, 2.45) is 0 Å². The highest BCUT2D eigenvalue weighted by atomic mass is 79.9. The van der Waals surface area contributed by atoms with Gasteiger partial charge in [-0.05, 0) is 37.3 Å². The molecule has 3 nitrogen and oxygen atoms in total. The summed E-state index contributed by atoms with van der Waals surface area (Å²) >= 11 is 9.43. The van der Waals surface area contributed by atoms with Gasteiger partial charge in [0.2, 0.25) is 0 Å². The Morgan fingerprint density at radius 2 is 2.25 bits per heavy atom. The maximum atomic E-state index is 5.91. The van der Waals surface area contributed by atoms with Crippen molar-refractivity contribution in [3.05, 3.63) is 52.7 Å². The Bertz CT molecular complexity index is 721. The van der Waals surface area contributed by atoms with Crippen LogP contribution in [0.2, 0.25) is 0 Å². The maximum absolute atomic E-state index is 5.91. The third-order valence-corrected chi connectivity index (χ3v) is 4.07. The van der Waals surface area contributed by atoms with Gasteiger partial charge in [-0.3, -0.25) is 0 Å². The van der Waals surface area contributed by atoms with Crippen molar-refractivity contribution < 1.29 is 4.42 Å². The predicted molar refractivity (Wildman–Crippen MR) is 84.4 cm³/mol. The molecule has 1 unspecified atom stereocenters. The van der Waals surface area contributed by atoms with Crippen molar-refractivity contribution in [3.8, 4) is 0 Å². The normalized spacial score (nSPS) is 12.9. The summed E-state index contributed by atoms with van der Waals surface area (Å²) in [6, 6.07) is 10.1. The van der Waals surface area contributed by atoms with Gasteiger partial charge in [-0.25, -0.2) is 4.98 Å². The standard InChI is InChI=1S/C15H14BrClN2O/c1-10(14-3-2-8-20-14)19-13-9-11(16)4-5-12(13)18-15(19)6-7-17/h2-5,8-10H,6-7H2,1H3. The molecule has 0 aliphatic heterocycles. The molecule has 0 bridgehead atoms. The highest BCUT2D eigenvalue weighted by Gasteiger charge is 2.18. The van der Waals surface area contributed by atoms with Crippen LogP contribution in [0, 0.1) is 0 Å². The van der Waals surface area contributed by atoms with Gasteiger partial charge in [-0.15, -0.1) is 11.6 Å². The van der Waals surface area contributed by atoms with Gasteiger partial charge < -0.3 is 8.98 Å². The second kappa shape index (κ2) is 5.62. The molecule has 3 rings (SSSR count). The zero-order valence-corrected chi connectivity index (χ0v) is 13.4. The molecule has 0 spiro atoms. The summed E-state index contributed by atoms with van der Waals surface area (Å²) in [7, 11) is 0. The number of aryl methyl sites for hydroxylation is 1. The Morgan fingerprint density at radius 3 is 2.95 bits per heavy atom. The Balaban J connectivity index is 2.19. The summed E-state index contributed by atoms with van der Waals surface area (Å²) in [5.41, 5.74) is 2.06. The monoisotopic (exact) mass is 352 g/mol. The lowest BCUT2D eigenvalue weighted by molar-refractivity contribution is 0.445. The average Bonchev–Trinajstić information content (AvgIpc) is 3.05. The van der Waals surface area contributed by atoms with Crippen LogP contribution in [0.1, 0.15) is 24.6 Å². The summed E-state index contributed by atoms with van der Waals surface area (Å²) in [5.74, 6) is 2.45. The molecule has 0 saturated heterocycles. The van der Waals surface area contributed by atoms with Crippen molar-refractivity contribution >= 4 is 38.6 Å². The van der Waals surface area contributed by atoms with E-state index in [0.29, 0.717) is 5.88 Å². The predicted octanol–water partition coefficient (Wildman–Crippen LogP) is 4.78. The number of imidazole rings is 1. The molecule has 0 aliphatic rings. The first-order valence-electron chi connectivity index (χ1n) is 6.46. The maximum Gasteiger partial charge on any atom is 0.126 e. The van der Waals surface area contributed by atoms with Gasteiger partial charge >= 0.3 is 0 Å². The minimum atomic E-state index is 0.0857. The van der Waals surface area contributed by atoms with Crippen LogP contribution in [-0.4, -0.2) is 15.4 Å². The van der Waals surface area contributed by atoms with Crippen LogP contribution >= 0.6 is 27.5 Å². The summed E-state index contributed by atoms with van der Waals surface area (Å²) in [4.78, 5) is 4.69. The second-order valence-corrected chi connectivity index (χ2v) is 5.96. The third kappa shape index (κ3) is 2.38. The van der Waals surface area contributed by atoms with Gasteiger partial charge in [0.15, 0.2) is 0 Å². The van der Waals surface area contributed by atoms with Crippen molar-refractivity contribution in [2.75, 3.05) is 5.88 Å². The first-order valence-corrected chi connectivity index (χ1v) is 7.79. The van der Waals surface area contributed by atoms with Gasteiger partial charge in [-0.1, -0.05) is 15.9 Å². The van der Waals surface area contributed by atoms with E-state index in [9.17, 15) is 0 Å². The van der Waals surface area contributed by atoms with Crippen LogP contribution in [0.25, 0.3) is 11.0 Å². The molecule has 0 saturated carbocycles. The van der Waals surface area contributed by atoms with Crippen molar-refractivity contribution in [3.63, 3.8) is 0 Å². The van der Waals surface area contributed by atoms with Crippen LogP contribution in [0.4, 0.5) is 0 Å². The molecule has 5 heteroatoms. The molecule has 1 atom stereocenters. The highest BCUT2D eigenvalue weighted by molar-refractivity contribution is 9.10. The largest absolute Gasteiger partial charge is 0.467 e. The van der Waals surface area contributed by atoms with E-state index in [1.54, 1.807) is 6.26 Å². The summed E-state index contributed by atoms with van der Waals surface area (Å²) in [6.07, 6.45) is 2.43. The van der Waals surface area contributed by atoms with Crippen molar-refractivity contribution in [2.45, 2.75) is 19.4 Å². The molecule has 104 valence electrons. The van der Waals surface area contributed by atoms with E-state index in [-0.39, 0.29) is 6.04 Å². The van der Waals surface area contributed by atoms with Crippen LogP contribution < -0.4 is 0 Å². The smallest absolute Gasteiger partial charge is 0.126 e. The molecule has 2 aromatic heterocycles. The summed E-state index contributed by atoms with van der Waals surface area (Å²) < 4.78 is 8.77. The fraction of sp³-hybridized carbons (Fsp3) is 0.267. The Labute approximate surface area is 130 Å². The lowest BCUT2D eigenvalue weighted by atomic mass is 10.2. The zero-order chi connectivity index (χ0) is 14.1. The van der Waals surface area contributed by atoms with E-state index in [4.69, 9.17) is 21.0 Å². The van der Waals surface area contributed by atoms with Gasteiger partial charge in [0.25, 0.3) is 0 Å². The number of halogens is 2. The van der Waals surface area contributed by atoms with Crippen molar-refractivity contribution in [1.82, 2.24) is 9.55 Å². The molecule has 0 aliphatic carbocycles. The molecular weight excluding hydrogens is 340 g/mol. The molecule has 0 radical (unpaired) electrons. The number of hydrogen-bond donors (Lipinski definition) is 0. The Morgan fingerprint density at radius 1 is 1.40 bits per heavy atom. The Kier molecular flexibility index (Phi) is 3.85. The van der Waals surface area contributed by atoms with Gasteiger partial charge in [0, 0.05) is 16.8 Å². The first-order chi connectivity index (χ1) is 9.70. The number of benzene rings is 1. The van der Waals surface area contributed by atoms with E-state index in [1.165, 1.54) is 0 Å². The first kappa shape index (κ1) is 13.7. The number of alkyl halides is 1. The van der Waals surface area contributed by atoms with Gasteiger partial charge in [-0.2, -0.15) is 0 Å². The van der Waals surface area contributed by atoms with Crippen LogP contribution in [-0.2, 0) is 6.42 Å². The lowest BCUT2D eigenvalue weighted by Crippen LogP contribution is -2.10. The number of hydrogen-bond acceptors (Lipinski definition) is 2.